The van der Waals surface area contributed by atoms with Crippen molar-refractivity contribution >= 4 is 11.6 Å². The van der Waals surface area contributed by atoms with Crippen LogP contribution in [-0.4, -0.2) is 25.7 Å². The van der Waals surface area contributed by atoms with Crippen LogP contribution in [0.2, 0.25) is 0 Å². The molecule has 0 aliphatic carbocycles. The van der Waals surface area contributed by atoms with Gasteiger partial charge in [0.05, 0.1) is 17.8 Å². The second-order valence-corrected chi connectivity index (χ2v) is 3.05. The van der Waals surface area contributed by atoms with Gasteiger partial charge in [-0.05, 0) is 13.0 Å². The molecule has 1 unspecified atom stereocenters. The highest BCUT2D eigenvalue weighted by molar-refractivity contribution is 5.74. The molecule has 72 valence electrons. The molecule has 0 fully saturated rings. The van der Waals surface area contributed by atoms with Crippen molar-refractivity contribution in [2.45, 2.75) is 12.8 Å². The van der Waals surface area contributed by atoms with Crippen LogP contribution in [0.3, 0.4) is 0 Å². The fourth-order valence-corrected chi connectivity index (χ4v) is 1.19. The van der Waals surface area contributed by atoms with Gasteiger partial charge in [0.25, 0.3) is 0 Å². The molecule has 5 heteroatoms. The van der Waals surface area contributed by atoms with Gasteiger partial charge in [0.2, 0.25) is 0 Å². The Morgan fingerprint density at radius 2 is 2.36 bits per heavy atom. The minimum absolute atomic E-state index is 0.547. The van der Waals surface area contributed by atoms with E-state index >= 15 is 0 Å². The number of aromatic nitrogens is 3. The summed E-state index contributed by atoms with van der Waals surface area (Å²) in [6.07, 6.45) is 3.33. The molecule has 0 aliphatic rings. The van der Waals surface area contributed by atoms with Crippen LogP contribution < -0.4 is 0 Å². The van der Waals surface area contributed by atoms with Gasteiger partial charge in [-0.3, -0.25) is 4.79 Å². The lowest BCUT2D eigenvalue weighted by Crippen LogP contribution is -2.09. The van der Waals surface area contributed by atoms with Crippen LogP contribution in [0.1, 0.15) is 18.5 Å². The Hall–Kier alpha value is -1.91. The first-order chi connectivity index (χ1) is 6.68. The third-order valence-corrected chi connectivity index (χ3v) is 2.09. The number of hydrogen-bond donors (Lipinski definition) is 1. The fourth-order valence-electron chi connectivity index (χ4n) is 1.19. The molecule has 5 nitrogen and oxygen atoms in total. The van der Waals surface area contributed by atoms with Crippen molar-refractivity contribution in [2.24, 2.45) is 0 Å². The Kier molecular flexibility index (Phi) is 1.92. The van der Waals surface area contributed by atoms with E-state index < -0.39 is 11.9 Å². The number of carboxylic acids is 1. The summed E-state index contributed by atoms with van der Waals surface area (Å²) < 4.78 is 1.60. The third-order valence-electron chi connectivity index (χ3n) is 2.09. The SMILES string of the molecule is CC(C(=O)O)c1ccn2nccc2n1. The maximum Gasteiger partial charge on any atom is 0.312 e. The normalized spacial score (nSPS) is 12.9. The maximum atomic E-state index is 10.7. The van der Waals surface area contributed by atoms with E-state index in [0.29, 0.717) is 11.3 Å². The molecule has 0 radical (unpaired) electrons. The third kappa shape index (κ3) is 1.32. The van der Waals surface area contributed by atoms with Crippen LogP contribution in [0.5, 0.6) is 0 Å². The Morgan fingerprint density at radius 1 is 1.57 bits per heavy atom. The van der Waals surface area contributed by atoms with E-state index in [2.05, 4.69) is 10.1 Å². The molecule has 0 saturated carbocycles. The van der Waals surface area contributed by atoms with Crippen molar-refractivity contribution < 1.29 is 9.90 Å². The summed E-state index contributed by atoms with van der Waals surface area (Å²) in [6, 6.07) is 3.40. The molecule has 0 aromatic carbocycles. The molecule has 2 heterocycles. The van der Waals surface area contributed by atoms with Crippen molar-refractivity contribution in [3.8, 4) is 0 Å². The Bertz CT molecular complexity index is 478. The smallest absolute Gasteiger partial charge is 0.312 e. The summed E-state index contributed by atoms with van der Waals surface area (Å²) >= 11 is 0. The highest BCUT2D eigenvalue weighted by atomic mass is 16.4. The van der Waals surface area contributed by atoms with Gasteiger partial charge in [-0.25, -0.2) is 9.50 Å². The molecule has 1 atom stereocenters. The van der Waals surface area contributed by atoms with Crippen LogP contribution in [0, 0.1) is 0 Å². The minimum Gasteiger partial charge on any atom is -0.481 e. The predicted octanol–water partition coefficient (Wildman–Crippen LogP) is 0.917. The van der Waals surface area contributed by atoms with E-state index in [1.54, 1.807) is 36.0 Å². The number of fused-ring (bicyclic) bond motifs is 1. The fraction of sp³-hybridized carbons (Fsp3) is 0.222. The molecule has 2 aromatic rings. The standard InChI is InChI=1S/C9H9N3O2/c1-6(9(13)14)7-3-5-12-8(11-7)2-4-10-12/h2-6H,1H3,(H,13,14). The lowest BCUT2D eigenvalue weighted by Gasteiger charge is -2.04. The summed E-state index contributed by atoms with van der Waals surface area (Å²) in [5.74, 6) is -1.46. The number of rotatable bonds is 2. The summed E-state index contributed by atoms with van der Waals surface area (Å²) in [5, 5.41) is 12.8. The first-order valence-electron chi connectivity index (χ1n) is 4.21. The van der Waals surface area contributed by atoms with Crippen molar-refractivity contribution in [1.29, 1.82) is 0 Å². The van der Waals surface area contributed by atoms with E-state index in [1.165, 1.54) is 0 Å². The molecule has 14 heavy (non-hydrogen) atoms. The van der Waals surface area contributed by atoms with Gasteiger partial charge >= 0.3 is 5.97 Å². The summed E-state index contributed by atoms with van der Waals surface area (Å²) in [6.45, 7) is 1.61. The molecular weight excluding hydrogens is 182 g/mol. The first kappa shape index (κ1) is 8.68. The molecule has 1 N–H and O–H groups in total. The van der Waals surface area contributed by atoms with Crippen molar-refractivity contribution in [1.82, 2.24) is 14.6 Å². The zero-order valence-corrected chi connectivity index (χ0v) is 7.58. The van der Waals surface area contributed by atoms with Gasteiger partial charge in [-0.1, -0.05) is 0 Å². The monoisotopic (exact) mass is 191 g/mol. The number of aliphatic carboxylic acids is 1. The van der Waals surface area contributed by atoms with Crippen molar-refractivity contribution in [3.05, 3.63) is 30.2 Å². The summed E-state index contributed by atoms with van der Waals surface area (Å²) in [4.78, 5) is 14.9. The highest BCUT2D eigenvalue weighted by Gasteiger charge is 2.15. The Balaban J connectivity index is 2.48. The largest absolute Gasteiger partial charge is 0.481 e. The lowest BCUT2D eigenvalue weighted by atomic mass is 10.1. The second-order valence-electron chi connectivity index (χ2n) is 3.05. The van der Waals surface area contributed by atoms with Crippen LogP contribution in [0.25, 0.3) is 5.65 Å². The van der Waals surface area contributed by atoms with Gasteiger partial charge in [0.1, 0.15) is 0 Å². The number of carbonyl (C=O) groups is 1. The molecule has 2 rings (SSSR count). The summed E-state index contributed by atoms with van der Waals surface area (Å²) in [7, 11) is 0. The average molecular weight is 191 g/mol. The quantitative estimate of drug-likeness (QED) is 0.766. The van der Waals surface area contributed by atoms with E-state index in [4.69, 9.17) is 5.11 Å². The summed E-state index contributed by atoms with van der Waals surface area (Å²) in [5.41, 5.74) is 1.21. The van der Waals surface area contributed by atoms with Crippen molar-refractivity contribution in [3.63, 3.8) is 0 Å². The molecular formula is C9H9N3O2. The second kappa shape index (κ2) is 3.10. The highest BCUT2D eigenvalue weighted by Crippen LogP contribution is 2.13. The van der Waals surface area contributed by atoms with Crippen LogP contribution >= 0.6 is 0 Å². The lowest BCUT2D eigenvalue weighted by molar-refractivity contribution is -0.138. The van der Waals surface area contributed by atoms with E-state index in [-0.39, 0.29) is 0 Å². The zero-order chi connectivity index (χ0) is 10.1. The van der Waals surface area contributed by atoms with Crippen LogP contribution in [0.15, 0.2) is 24.5 Å². The number of carboxylic acid groups (broad SMARTS) is 1. The molecule has 0 amide bonds. The molecule has 0 bridgehead atoms. The Labute approximate surface area is 80.0 Å². The molecule has 0 saturated heterocycles. The van der Waals surface area contributed by atoms with Gasteiger partial charge in [0, 0.05) is 12.3 Å². The van der Waals surface area contributed by atoms with Crippen LogP contribution in [0.4, 0.5) is 0 Å². The van der Waals surface area contributed by atoms with Gasteiger partial charge in [-0.2, -0.15) is 5.10 Å². The zero-order valence-electron chi connectivity index (χ0n) is 7.58. The molecule has 0 spiro atoms. The predicted molar refractivity (Wildman–Crippen MR) is 49.0 cm³/mol. The maximum absolute atomic E-state index is 10.7. The Morgan fingerprint density at radius 3 is 3.07 bits per heavy atom. The van der Waals surface area contributed by atoms with Crippen molar-refractivity contribution in [2.75, 3.05) is 0 Å². The topological polar surface area (TPSA) is 67.5 Å². The molecule has 2 aromatic heterocycles. The van der Waals surface area contributed by atoms with E-state index in [0.717, 1.165) is 0 Å². The average Bonchev–Trinajstić information content (AvgIpc) is 2.62. The van der Waals surface area contributed by atoms with Gasteiger partial charge in [-0.15, -0.1) is 0 Å². The van der Waals surface area contributed by atoms with E-state index in [9.17, 15) is 4.79 Å². The first-order valence-corrected chi connectivity index (χ1v) is 4.21. The van der Waals surface area contributed by atoms with Gasteiger partial charge in [0.15, 0.2) is 5.65 Å². The number of nitrogens with zero attached hydrogens (tertiary/aromatic N) is 3. The molecule has 0 aliphatic heterocycles. The minimum atomic E-state index is -0.874. The van der Waals surface area contributed by atoms with Gasteiger partial charge < -0.3 is 5.11 Å². The number of hydrogen-bond acceptors (Lipinski definition) is 3. The van der Waals surface area contributed by atoms with E-state index in [1.807, 2.05) is 0 Å². The van der Waals surface area contributed by atoms with Crippen LogP contribution in [-0.2, 0) is 4.79 Å².